The highest BCUT2D eigenvalue weighted by atomic mass is 19.4. The lowest BCUT2D eigenvalue weighted by atomic mass is 10.0. The third-order valence-corrected chi connectivity index (χ3v) is 7.27. The van der Waals surface area contributed by atoms with E-state index in [2.05, 4.69) is 15.3 Å². The molecule has 0 spiro atoms. The second-order valence-corrected chi connectivity index (χ2v) is 9.65. The molecule has 5 aromatic rings. The van der Waals surface area contributed by atoms with Crippen molar-refractivity contribution in [3.63, 3.8) is 0 Å². The summed E-state index contributed by atoms with van der Waals surface area (Å²) in [6.07, 6.45) is -3.00. The Balaban J connectivity index is 1.59. The highest BCUT2D eigenvalue weighted by Crippen LogP contribution is 2.39. The minimum absolute atomic E-state index is 0.101. The van der Waals surface area contributed by atoms with Crippen LogP contribution in [0.1, 0.15) is 5.56 Å². The molecule has 0 unspecified atom stereocenters. The molecule has 210 valence electrons. The normalized spacial score (nSPS) is 14.0. The van der Waals surface area contributed by atoms with Crippen molar-refractivity contribution in [3.8, 4) is 28.6 Å². The van der Waals surface area contributed by atoms with E-state index in [9.17, 15) is 18.0 Å². The number of nitrogens with zero attached hydrogens (tertiary/aromatic N) is 4. The maximum absolute atomic E-state index is 14.4. The van der Waals surface area contributed by atoms with Gasteiger partial charge in [0, 0.05) is 66.5 Å². The Morgan fingerprint density at radius 3 is 2.46 bits per heavy atom. The van der Waals surface area contributed by atoms with E-state index in [1.165, 1.54) is 30.9 Å². The average molecular weight is 562 g/mol. The van der Waals surface area contributed by atoms with Crippen molar-refractivity contribution in [3.05, 3.63) is 82.8 Å². The molecule has 0 radical (unpaired) electrons. The van der Waals surface area contributed by atoms with Crippen molar-refractivity contribution in [2.75, 3.05) is 45.3 Å². The summed E-state index contributed by atoms with van der Waals surface area (Å²) in [6.45, 7) is 2.11. The van der Waals surface area contributed by atoms with Crippen molar-refractivity contribution in [1.29, 1.82) is 0 Å². The van der Waals surface area contributed by atoms with E-state index in [4.69, 9.17) is 9.47 Å². The lowest BCUT2D eigenvalue weighted by molar-refractivity contribution is -0.137. The molecule has 0 atom stereocenters. The van der Waals surface area contributed by atoms with Gasteiger partial charge in [0.1, 0.15) is 0 Å². The zero-order chi connectivity index (χ0) is 28.7. The molecule has 4 heterocycles. The third-order valence-electron chi connectivity index (χ3n) is 7.27. The number of methoxy groups -OCH3 is 2. The van der Waals surface area contributed by atoms with Gasteiger partial charge in [0.15, 0.2) is 0 Å². The summed E-state index contributed by atoms with van der Waals surface area (Å²) in [5.74, 6) is 0.727. The Hall–Kier alpha value is -4.64. The number of alkyl halides is 3. The van der Waals surface area contributed by atoms with Crippen LogP contribution in [0, 0.1) is 0 Å². The Kier molecular flexibility index (Phi) is 6.74. The standard InChI is InChI=1S/C30H26F3N5O3/c1-40-26-9-6-21(29(36-26)41-2)18-3-7-24-22(15-18)28-19(17-35-24)4-10-27(39)38(28)20-5-8-25(23(16-20)30(31,32)33)37-13-11-34-12-14-37/h3-10,15-17,34H,11-14H2,1-2H3. The van der Waals surface area contributed by atoms with Crippen LogP contribution >= 0.6 is 0 Å². The minimum Gasteiger partial charge on any atom is -0.481 e. The predicted molar refractivity (Wildman–Crippen MR) is 151 cm³/mol. The average Bonchev–Trinajstić information content (AvgIpc) is 3.00. The highest BCUT2D eigenvalue weighted by Gasteiger charge is 2.36. The first-order valence-corrected chi connectivity index (χ1v) is 13.0. The van der Waals surface area contributed by atoms with Gasteiger partial charge in [0.05, 0.1) is 36.5 Å². The van der Waals surface area contributed by atoms with Crippen molar-refractivity contribution in [1.82, 2.24) is 19.9 Å². The number of halogens is 3. The van der Waals surface area contributed by atoms with Crippen LogP contribution in [0.25, 0.3) is 38.6 Å². The van der Waals surface area contributed by atoms with Gasteiger partial charge in [-0.1, -0.05) is 6.07 Å². The van der Waals surface area contributed by atoms with Gasteiger partial charge in [-0.05, 0) is 48.0 Å². The summed E-state index contributed by atoms with van der Waals surface area (Å²) < 4.78 is 55.1. The number of anilines is 1. The maximum atomic E-state index is 14.4. The Morgan fingerprint density at radius 2 is 1.73 bits per heavy atom. The summed E-state index contributed by atoms with van der Waals surface area (Å²) in [5, 5.41) is 4.36. The van der Waals surface area contributed by atoms with E-state index in [1.54, 1.807) is 35.4 Å². The van der Waals surface area contributed by atoms with E-state index in [-0.39, 0.29) is 11.4 Å². The minimum atomic E-state index is -4.61. The van der Waals surface area contributed by atoms with Crippen LogP contribution in [-0.4, -0.2) is 54.9 Å². The molecule has 1 saturated heterocycles. The number of hydrogen-bond donors (Lipinski definition) is 1. The summed E-state index contributed by atoms with van der Waals surface area (Å²) in [5.41, 5.74) is 1.42. The van der Waals surface area contributed by atoms with Crippen LogP contribution in [0.5, 0.6) is 11.8 Å². The van der Waals surface area contributed by atoms with Crippen LogP contribution in [0.4, 0.5) is 18.9 Å². The molecule has 1 aliphatic heterocycles. The number of rotatable bonds is 5. The second-order valence-electron chi connectivity index (χ2n) is 9.65. The molecule has 41 heavy (non-hydrogen) atoms. The number of ether oxygens (including phenoxy) is 2. The summed E-state index contributed by atoms with van der Waals surface area (Å²) >= 11 is 0. The fourth-order valence-corrected chi connectivity index (χ4v) is 5.32. The number of piperazine rings is 1. The zero-order valence-corrected chi connectivity index (χ0v) is 22.3. The van der Waals surface area contributed by atoms with Gasteiger partial charge in [-0.25, -0.2) is 0 Å². The van der Waals surface area contributed by atoms with Crippen LogP contribution in [0.3, 0.4) is 0 Å². The third kappa shape index (κ3) is 4.82. The van der Waals surface area contributed by atoms with Gasteiger partial charge in [0.2, 0.25) is 11.8 Å². The van der Waals surface area contributed by atoms with Gasteiger partial charge in [0.25, 0.3) is 5.56 Å². The summed E-state index contributed by atoms with van der Waals surface area (Å²) in [4.78, 5) is 24.0. The van der Waals surface area contributed by atoms with Crippen LogP contribution in [-0.2, 0) is 6.18 Å². The van der Waals surface area contributed by atoms with Crippen LogP contribution in [0.15, 0.2) is 71.7 Å². The molecule has 3 aromatic heterocycles. The lowest BCUT2D eigenvalue weighted by Gasteiger charge is -2.32. The molecule has 0 aliphatic carbocycles. The zero-order valence-electron chi connectivity index (χ0n) is 22.3. The van der Waals surface area contributed by atoms with Gasteiger partial charge in [-0.15, -0.1) is 0 Å². The largest absolute Gasteiger partial charge is 0.481 e. The monoisotopic (exact) mass is 561 g/mol. The van der Waals surface area contributed by atoms with Gasteiger partial charge < -0.3 is 19.7 Å². The summed E-state index contributed by atoms with van der Waals surface area (Å²) in [7, 11) is 3.01. The molecule has 1 aliphatic rings. The van der Waals surface area contributed by atoms with Crippen molar-refractivity contribution in [2.24, 2.45) is 0 Å². The lowest BCUT2D eigenvalue weighted by Crippen LogP contribution is -2.44. The molecule has 1 fully saturated rings. The van der Waals surface area contributed by atoms with E-state index in [1.807, 2.05) is 18.2 Å². The predicted octanol–water partition coefficient (Wildman–Crippen LogP) is 5.05. The quantitative estimate of drug-likeness (QED) is 0.301. The Labute approximate surface area is 233 Å². The first kappa shape index (κ1) is 26.6. The molecule has 0 bridgehead atoms. The molecule has 11 heteroatoms. The first-order valence-electron chi connectivity index (χ1n) is 13.0. The topological polar surface area (TPSA) is 81.5 Å². The van der Waals surface area contributed by atoms with Gasteiger partial charge in [-0.2, -0.15) is 18.2 Å². The number of aromatic nitrogens is 3. The number of hydrogen-bond acceptors (Lipinski definition) is 7. The second kappa shape index (κ2) is 10.4. The SMILES string of the molecule is COc1ccc(-c2ccc3ncc4ccc(=O)n(-c5ccc(N6CCNCC6)c(C(F)(F)F)c5)c4c3c2)c(OC)n1. The van der Waals surface area contributed by atoms with Gasteiger partial charge >= 0.3 is 6.18 Å². The van der Waals surface area contributed by atoms with Crippen LogP contribution < -0.4 is 25.2 Å². The van der Waals surface area contributed by atoms with Crippen LogP contribution in [0.2, 0.25) is 0 Å². The molecule has 0 saturated carbocycles. The Morgan fingerprint density at radius 1 is 0.927 bits per heavy atom. The molecule has 8 nitrogen and oxygen atoms in total. The number of fused-ring (bicyclic) bond motifs is 3. The summed E-state index contributed by atoms with van der Waals surface area (Å²) in [6, 6.07) is 16.1. The van der Waals surface area contributed by atoms with Crippen molar-refractivity contribution < 1.29 is 22.6 Å². The molecular formula is C30H26F3N5O3. The van der Waals surface area contributed by atoms with Gasteiger partial charge in [-0.3, -0.25) is 14.3 Å². The molecule has 6 rings (SSSR count). The molecule has 1 N–H and O–H groups in total. The molecular weight excluding hydrogens is 535 g/mol. The number of nitrogens with one attached hydrogen (secondary N) is 1. The first-order chi connectivity index (χ1) is 19.8. The molecule has 0 amide bonds. The fourth-order valence-electron chi connectivity index (χ4n) is 5.32. The van der Waals surface area contributed by atoms with E-state index < -0.39 is 17.3 Å². The van der Waals surface area contributed by atoms with Crippen molar-refractivity contribution >= 4 is 27.5 Å². The van der Waals surface area contributed by atoms with E-state index in [0.717, 1.165) is 11.6 Å². The highest BCUT2D eigenvalue weighted by molar-refractivity contribution is 6.05. The number of benzene rings is 2. The van der Waals surface area contributed by atoms with E-state index >= 15 is 0 Å². The Bertz CT molecular complexity index is 1830. The smallest absolute Gasteiger partial charge is 0.418 e. The fraction of sp³-hybridized carbons (Fsp3) is 0.233. The molecule has 2 aromatic carbocycles. The van der Waals surface area contributed by atoms with E-state index in [0.29, 0.717) is 65.3 Å². The van der Waals surface area contributed by atoms with Crippen molar-refractivity contribution in [2.45, 2.75) is 6.18 Å². The maximum Gasteiger partial charge on any atom is 0.418 e. The number of pyridine rings is 3.